The molecule has 15 heavy (non-hydrogen) atoms. The minimum absolute atomic E-state index is 0.384. The van der Waals surface area contributed by atoms with E-state index in [9.17, 15) is 5.26 Å². The van der Waals surface area contributed by atoms with Gasteiger partial charge >= 0.3 is 0 Å². The van der Waals surface area contributed by atoms with Gasteiger partial charge in [-0.25, -0.2) is 9.97 Å². The molecule has 0 saturated heterocycles. The summed E-state index contributed by atoms with van der Waals surface area (Å²) in [6, 6.07) is 4.30. The smallest absolute Gasteiger partial charge is 0.148 e. The monoisotopic (exact) mass is 201 g/mol. The highest BCUT2D eigenvalue weighted by atomic mass is 14.9. The van der Waals surface area contributed by atoms with Crippen molar-refractivity contribution in [3.63, 3.8) is 0 Å². The molecule has 1 heterocycles. The Balaban J connectivity index is 2.37. The molecule has 0 N–H and O–H groups in total. The SMILES string of the molecule is CC(C)c1ccnc(C2(C#N)CCC2)n1. The highest BCUT2D eigenvalue weighted by Crippen LogP contribution is 2.41. The molecule has 0 aromatic carbocycles. The van der Waals surface area contributed by atoms with Crippen molar-refractivity contribution in [2.45, 2.75) is 44.4 Å². The van der Waals surface area contributed by atoms with Crippen LogP contribution >= 0.6 is 0 Å². The van der Waals surface area contributed by atoms with Crippen molar-refractivity contribution in [1.29, 1.82) is 5.26 Å². The summed E-state index contributed by atoms with van der Waals surface area (Å²) in [4.78, 5) is 8.76. The number of hydrogen-bond acceptors (Lipinski definition) is 3. The second-order valence-electron chi connectivity index (χ2n) is 4.51. The lowest BCUT2D eigenvalue weighted by Crippen LogP contribution is -2.34. The summed E-state index contributed by atoms with van der Waals surface area (Å²) < 4.78 is 0. The molecule has 0 bridgehead atoms. The summed E-state index contributed by atoms with van der Waals surface area (Å²) in [6.45, 7) is 4.21. The number of aromatic nitrogens is 2. The van der Waals surface area contributed by atoms with E-state index in [1.807, 2.05) is 6.07 Å². The van der Waals surface area contributed by atoms with Gasteiger partial charge in [-0.15, -0.1) is 0 Å². The first kappa shape index (κ1) is 10.1. The second-order valence-corrected chi connectivity index (χ2v) is 4.51. The van der Waals surface area contributed by atoms with Crippen LogP contribution in [-0.2, 0) is 5.41 Å². The van der Waals surface area contributed by atoms with E-state index in [0.717, 1.165) is 30.8 Å². The second kappa shape index (κ2) is 3.62. The van der Waals surface area contributed by atoms with Gasteiger partial charge in [0.05, 0.1) is 6.07 Å². The summed E-state index contributed by atoms with van der Waals surface area (Å²) in [5.74, 6) is 1.12. The van der Waals surface area contributed by atoms with E-state index < -0.39 is 0 Å². The largest absolute Gasteiger partial charge is 0.240 e. The molecule has 0 radical (unpaired) electrons. The summed E-state index contributed by atoms with van der Waals surface area (Å²) in [7, 11) is 0. The molecule has 0 spiro atoms. The summed E-state index contributed by atoms with van der Waals surface area (Å²) in [6.07, 6.45) is 4.70. The van der Waals surface area contributed by atoms with Crippen LogP contribution in [0.5, 0.6) is 0 Å². The minimum atomic E-state index is -0.384. The van der Waals surface area contributed by atoms with Gasteiger partial charge in [0.15, 0.2) is 0 Å². The van der Waals surface area contributed by atoms with Gasteiger partial charge in [-0.05, 0) is 31.2 Å². The molecule has 1 aromatic heterocycles. The van der Waals surface area contributed by atoms with Gasteiger partial charge in [-0.3, -0.25) is 0 Å². The van der Waals surface area contributed by atoms with Gasteiger partial charge in [0.25, 0.3) is 0 Å². The van der Waals surface area contributed by atoms with Crippen molar-refractivity contribution in [2.24, 2.45) is 0 Å². The molecule has 1 saturated carbocycles. The third-order valence-corrected chi connectivity index (χ3v) is 3.12. The number of nitriles is 1. The van der Waals surface area contributed by atoms with E-state index in [-0.39, 0.29) is 5.41 Å². The quantitative estimate of drug-likeness (QED) is 0.738. The van der Waals surface area contributed by atoms with Crippen molar-refractivity contribution in [3.05, 3.63) is 23.8 Å². The van der Waals surface area contributed by atoms with Crippen molar-refractivity contribution in [3.8, 4) is 6.07 Å². The van der Waals surface area contributed by atoms with Gasteiger partial charge < -0.3 is 0 Å². The van der Waals surface area contributed by atoms with E-state index in [1.54, 1.807) is 6.20 Å². The molecule has 3 heteroatoms. The normalized spacial score (nSPS) is 18.3. The average molecular weight is 201 g/mol. The average Bonchev–Trinajstić information content (AvgIpc) is 2.17. The molecular formula is C12H15N3. The van der Waals surface area contributed by atoms with Crippen LogP contribution in [0.4, 0.5) is 0 Å². The Bertz CT molecular complexity index is 400. The molecule has 2 rings (SSSR count). The van der Waals surface area contributed by atoms with Gasteiger partial charge in [-0.1, -0.05) is 13.8 Å². The third kappa shape index (κ3) is 1.61. The van der Waals surface area contributed by atoms with E-state index in [1.165, 1.54) is 0 Å². The summed E-state index contributed by atoms with van der Waals surface area (Å²) in [5.41, 5.74) is 0.645. The zero-order valence-corrected chi connectivity index (χ0v) is 9.20. The zero-order chi connectivity index (χ0) is 10.9. The zero-order valence-electron chi connectivity index (χ0n) is 9.20. The van der Waals surface area contributed by atoms with Crippen molar-refractivity contribution >= 4 is 0 Å². The van der Waals surface area contributed by atoms with Crippen LogP contribution in [-0.4, -0.2) is 9.97 Å². The topological polar surface area (TPSA) is 49.6 Å². The predicted octanol–water partition coefficient (Wildman–Crippen LogP) is 2.55. The van der Waals surface area contributed by atoms with Crippen molar-refractivity contribution in [2.75, 3.05) is 0 Å². The van der Waals surface area contributed by atoms with Crippen LogP contribution < -0.4 is 0 Å². The fraction of sp³-hybridized carbons (Fsp3) is 0.583. The minimum Gasteiger partial charge on any atom is -0.240 e. The van der Waals surface area contributed by atoms with Crippen LogP contribution in [0.15, 0.2) is 12.3 Å². The number of rotatable bonds is 2. The van der Waals surface area contributed by atoms with E-state index in [4.69, 9.17) is 0 Å². The van der Waals surface area contributed by atoms with Crippen LogP contribution in [0.2, 0.25) is 0 Å². The molecule has 1 fully saturated rings. The van der Waals surface area contributed by atoms with Gasteiger partial charge in [0.2, 0.25) is 0 Å². The van der Waals surface area contributed by atoms with E-state index in [0.29, 0.717) is 5.92 Å². The van der Waals surface area contributed by atoms with Crippen molar-refractivity contribution < 1.29 is 0 Å². The molecule has 0 amide bonds. The highest BCUT2D eigenvalue weighted by molar-refractivity contribution is 5.25. The molecule has 0 unspecified atom stereocenters. The molecule has 1 aromatic rings. The fourth-order valence-electron chi connectivity index (χ4n) is 1.84. The lowest BCUT2D eigenvalue weighted by Gasteiger charge is -2.33. The molecule has 0 atom stereocenters. The van der Waals surface area contributed by atoms with E-state index >= 15 is 0 Å². The lowest BCUT2D eigenvalue weighted by molar-refractivity contribution is 0.306. The molecule has 0 aliphatic heterocycles. The maximum Gasteiger partial charge on any atom is 0.148 e. The molecule has 1 aliphatic carbocycles. The number of nitrogens with zero attached hydrogens (tertiary/aromatic N) is 3. The standard InChI is InChI=1S/C12H15N3/c1-9(2)10-4-7-14-11(15-10)12(8-13)5-3-6-12/h4,7,9H,3,5-6H2,1-2H3. The van der Waals surface area contributed by atoms with Crippen LogP contribution in [0.25, 0.3) is 0 Å². The summed E-state index contributed by atoms with van der Waals surface area (Å²) in [5, 5.41) is 9.19. The van der Waals surface area contributed by atoms with Crippen LogP contribution in [0.1, 0.15) is 50.5 Å². The molecule has 3 nitrogen and oxygen atoms in total. The molecule has 78 valence electrons. The Hall–Kier alpha value is -1.43. The molecular weight excluding hydrogens is 186 g/mol. The Kier molecular flexibility index (Phi) is 2.44. The first-order valence-electron chi connectivity index (χ1n) is 5.43. The van der Waals surface area contributed by atoms with Crippen molar-refractivity contribution in [1.82, 2.24) is 9.97 Å². The maximum absolute atomic E-state index is 9.19. The first-order valence-corrected chi connectivity index (χ1v) is 5.43. The maximum atomic E-state index is 9.19. The Morgan fingerprint density at radius 2 is 2.20 bits per heavy atom. The van der Waals surface area contributed by atoms with Crippen LogP contribution in [0.3, 0.4) is 0 Å². The van der Waals surface area contributed by atoms with Crippen LogP contribution in [0, 0.1) is 11.3 Å². The predicted molar refractivity (Wildman–Crippen MR) is 57.3 cm³/mol. The third-order valence-electron chi connectivity index (χ3n) is 3.12. The molecule has 1 aliphatic rings. The highest BCUT2D eigenvalue weighted by Gasteiger charge is 2.41. The van der Waals surface area contributed by atoms with Gasteiger partial charge in [0, 0.05) is 11.9 Å². The Morgan fingerprint density at radius 3 is 2.67 bits per heavy atom. The van der Waals surface area contributed by atoms with Gasteiger partial charge in [0.1, 0.15) is 11.2 Å². The fourth-order valence-corrected chi connectivity index (χ4v) is 1.84. The first-order chi connectivity index (χ1) is 7.18. The van der Waals surface area contributed by atoms with E-state index in [2.05, 4.69) is 29.9 Å². The lowest BCUT2D eigenvalue weighted by atomic mass is 9.69. The Labute approximate surface area is 90.2 Å². The summed E-state index contributed by atoms with van der Waals surface area (Å²) >= 11 is 0. The van der Waals surface area contributed by atoms with Gasteiger partial charge in [-0.2, -0.15) is 5.26 Å². The number of hydrogen-bond donors (Lipinski definition) is 0. The Morgan fingerprint density at radius 1 is 1.47 bits per heavy atom.